The summed E-state index contributed by atoms with van der Waals surface area (Å²) in [5.74, 6) is 2.33. The average Bonchev–Trinajstić information content (AvgIpc) is 3.58. The van der Waals surface area contributed by atoms with Gasteiger partial charge in [0.1, 0.15) is 11.9 Å². The molecular formula is C30H34N2O4. The van der Waals surface area contributed by atoms with Crippen LogP contribution in [-0.4, -0.2) is 57.3 Å². The van der Waals surface area contributed by atoms with Gasteiger partial charge in [0.2, 0.25) is 0 Å². The minimum absolute atomic E-state index is 0.0316. The normalized spacial score (nSPS) is 16.9. The highest BCUT2D eigenvalue weighted by Gasteiger charge is 2.26. The Labute approximate surface area is 213 Å². The monoisotopic (exact) mass is 486 g/mol. The molecule has 6 nitrogen and oxygen atoms in total. The van der Waals surface area contributed by atoms with Gasteiger partial charge in [0.25, 0.3) is 5.91 Å². The zero-order chi connectivity index (χ0) is 24.9. The number of rotatable bonds is 9. The van der Waals surface area contributed by atoms with Crippen LogP contribution in [0.25, 0.3) is 11.1 Å². The molecule has 0 aromatic heterocycles. The number of likely N-dealkylation sites (tertiary alicyclic amines) is 1. The molecule has 2 aliphatic rings. The molecule has 0 aliphatic carbocycles. The van der Waals surface area contributed by atoms with Gasteiger partial charge in [-0.05, 0) is 66.9 Å². The minimum Gasteiger partial charge on any atom is -0.493 e. The Balaban J connectivity index is 1.27. The van der Waals surface area contributed by atoms with Crippen LogP contribution in [0.15, 0.2) is 60.7 Å². The Hall–Kier alpha value is -3.51. The first-order valence-electron chi connectivity index (χ1n) is 12.7. The second-order valence-electron chi connectivity index (χ2n) is 9.52. The molecule has 0 saturated carbocycles. The van der Waals surface area contributed by atoms with Gasteiger partial charge in [-0.15, -0.1) is 0 Å². The van der Waals surface area contributed by atoms with Gasteiger partial charge in [0.15, 0.2) is 11.5 Å². The second kappa shape index (κ2) is 11.0. The fourth-order valence-corrected chi connectivity index (χ4v) is 5.21. The van der Waals surface area contributed by atoms with E-state index in [9.17, 15) is 4.79 Å². The van der Waals surface area contributed by atoms with E-state index >= 15 is 0 Å². The maximum absolute atomic E-state index is 12.8. The minimum atomic E-state index is -0.0316. The van der Waals surface area contributed by atoms with Crippen molar-refractivity contribution in [2.45, 2.75) is 31.8 Å². The molecule has 2 heterocycles. The standard InChI is InChI=1S/C30H34N2O4/c1-34-27-12-11-21(18-28(27)35-2)17-25-20-23-8-6-10-26(29(23)36-25)22-7-5-9-24(19-22)30(33)31-13-16-32-14-3-4-15-32/h5-12,18-19,25H,3-4,13-17,20H2,1-2H3,(H,31,33). The fourth-order valence-electron chi connectivity index (χ4n) is 5.21. The van der Waals surface area contributed by atoms with E-state index < -0.39 is 0 Å². The molecule has 1 atom stereocenters. The lowest BCUT2D eigenvalue weighted by Crippen LogP contribution is -2.33. The highest BCUT2D eigenvalue weighted by atomic mass is 16.5. The zero-order valence-corrected chi connectivity index (χ0v) is 21.1. The summed E-state index contributed by atoms with van der Waals surface area (Å²) in [4.78, 5) is 15.2. The number of carbonyl (C=O) groups excluding carboxylic acids is 1. The van der Waals surface area contributed by atoms with Crippen molar-refractivity contribution >= 4 is 5.91 Å². The van der Waals surface area contributed by atoms with Crippen LogP contribution < -0.4 is 19.5 Å². The quantitative estimate of drug-likeness (QED) is 0.473. The summed E-state index contributed by atoms with van der Waals surface area (Å²) in [6, 6.07) is 20.1. The molecule has 1 saturated heterocycles. The predicted molar refractivity (Wildman–Crippen MR) is 141 cm³/mol. The Morgan fingerprint density at radius 1 is 1.00 bits per heavy atom. The highest BCUT2D eigenvalue weighted by molar-refractivity contribution is 5.95. The van der Waals surface area contributed by atoms with E-state index in [4.69, 9.17) is 14.2 Å². The van der Waals surface area contributed by atoms with Crippen molar-refractivity contribution in [3.8, 4) is 28.4 Å². The summed E-state index contributed by atoms with van der Waals surface area (Å²) in [7, 11) is 3.29. The van der Waals surface area contributed by atoms with Gasteiger partial charge in [0, 0.05) is 37.1 Å². The summed E-state index contributed by atoms with van der Waals surface area (Å²) in [5.41, 5.74) is 5.02. The molecule has 36 heavy (non-hydrogen) atoms. The first-order valence-corrected chi connectivity index (χ1v) is 12.7. The zero-order valence-electron chi connectivity index (χ0n) is 21.1. The fraction of sp³-hybridized carbons (Fsp3) is 0.367. The number of ether oxygens (including phenoxy) is 3. The first kappa shape index (κ1) is 24.2. The summed E-state index contributed by atoms with van der Waals surface area (Å²) >= 11 is 0. The van der Waals surface area contributed by atoms with Crippen molar-refractivity contribution in [1.82, 2.24) is 10.2 Å². The number of nitrogens with zero attached hydrogens (tertiary/aromatic N) is 1. The maximum atomic E-state index is 12.8. The average molecular weight is 487 g/mol. The molecule has 6 heteroatoms. The maximum Gasteiger partial charge on any atom is 0.251 e. The second-order valence-corrected chi connectivity index (χ2v) is 9.52. The number of carbonyl (C=O) groups is 1. The number of nitrogens with one attached hydrogen (secondary N) is 1. The van der Waals surface area contributed by atoms with E-state index in [1.54, 1.807) is 14.2 Å². The molecule has 3 aromatic rings. The number of methoxy groups -OCH3 is 2. The molecule has 1 unspecified atom stereocenters. The van der Waals surface area contributed by atoms with Crippen molar-refractivity contribution in [3.63, 3.8) is 0 Å². The van der Waals surface area contributed by atoms with E-state index in [0.29, 0.717) is 12.1 Å². The van der Waals surface area contributed by atoms with E-state index in [0.717, 1.165) is 66.4 Å². The van der Waals surface area contributed by atoms with Crippen LogP contribution in [0.1, 0.15) is 34.3 Å². The Morgan fingerprint density at radius 3 is 2.61 bits per heavy atom. The van der Waals surface area contributed by atoms with Crippen molar-refractivity contribution in [3.05, 3.63) is 77.4 Å². The number of fused-ring (bicyclic) bond motifs is 1. The number of hydrogen-bond donors (Lipinski definition) is 1. The lowest BCUT2D eigenvalue weighted by molar-refractivity contribution is 0.0949. The van der Waals surface area contributed by atoms with Crippen molar-refractivity contribution in [2.24, 2.45) is 0 Å². The molecule has 1 N–H and O–H groups in total. The highest BCUT2D eigenvalue weighted by Crippen LogP contribution is 2.40. The molecule has 5 rings (SSSR count). The van der Waals surface area contributed by atoms with Crippen molar-refractivity contribution in [2.75, 3.05) is 40.4 Å². The topological polar surface area (TPSA) is 60.0 Å². The van der Waals surface area contributed by atoms with Crippen molar-refractivity contribution in [1.29, 1.82) is 0 Å². The van der Waals surface area contributed by atoms with Crippen LogP contribution in [-0.2, 0) is 12.8 Å². The van der Waals surface area contributed by atoms with Gasteiger partial charge in [0.05, 0.1) is 14.2 Å². The van der Waals surface area contributed by atoms with Crippen molar-refractivity contribution < 1.29 is 19.0 Å². The molecular weight excluding hydrogens is 452 g/mol. The van der Waals surface area contributed by atoms with E-state index in [1.807, 2.05) is 36.4 Å². The molecule has 188 valence electrons. The van der Waals surface area contributed by atoms with Crippen LogP contribution in [0.2, 0.25) is 0 Å². The Kier molecular flexibility index (Phi) is 7.42. The Bertz CT molecular complexity index is 1220. The van der Waals surface area contributed by atoms with Gasteiger partial charge < -0.3 is 24.4 Å². The lowest BCUT2D eigenvalue weighted by Gasteiger charge is -2.15. The van der Waals surface area contributed by atoms with Crippen LogP contribution in [0.3, 0.4) is 0 Å². The first-order chi connectivity index (χ1) is 17.6. The third-order valence-corrected chi connectivity index (χ3v) is 7.09. The Morgan fingerprint density at radius 2 is 1.81 bits per heavy atom. The van der Waals surface area contributed by atoms with Gasteiger partial charge in [-0.25, -0.2) is 0 Å². The molecule has 1 fully saturated rings. The van der Waals surface area contributed by atoms with E-state index in [2.05, 4.69) is 34.5 Å². The molecule has 0 spiro atoms. The number of amides is 1. The lowest BCUT2D eigenvalue weighted by atomic mass is 9.98. The predicted octanol–water partition coefficient (Wildman–Crippen LogP) is 4.74. The van der Waals surface area contributed by atoms with Gasteiger partial charge in [-0.2, -0.15) is 0 Å². The molecule has 0 bridgehead atoms. The third kappa shape index (κ3) is 5.34. The molecule has 3 aromatic carbocycles. The molecule has 0 radical (unpaired) electrons. The smallest absolute Gasteiger partial charge is 0.251 e. The SMILES string of the molecule is COc1ccc(CC2Cc3cccc(-c4cccc(C(=O)NCCN5CCCC5)c4)c3O2)cc1OC. The van der Waals surface area contributed by atoms with E-state index in [1.165, 1.54) is 18.4 Å². The summed E-state index contributed by atoms with van der Waals surface area (Å²) in [5, 5.41) is 3.08. The van der Waals surface area contributed by atoms with Gasteiger partial charge in [-0.1, -0.05) is 36.4 Å². The van der Waals surface area contributed by atoms with E-state index in [-0.39, 0.29) is 12.0 Å². The molecule has 2 aliphatic heterocycles. The number of benzene rings is 3. The number of para-hydroxylation sites is 1. The largest absolute Gasteiger partial charge is 0.493 e. The van der Waals surface area contributed by atoms with Gasteiger partial charge >= 0.3 is 0 Å². The molecule has 1 amide bonds. The summed E-state index contributed by atoms with van der Waals surface area (Å²) < 4.78 is 17.3. The number of hydrogen-bond acceptors (Lipinski definition) is 5. The van der Waals surface area contributed by atoms with Crippen LogP contribution in [0.4, 0.5) is 0 Å². The summed E-state index contributed by atoms with van der Waals surface area (Å²) in [6.07, 6.45) is 4.17. The van der Waals surface area contributed by atoms with Crippen LogP contribution in [0, 0.1) is 0 Å². The third-order valence-electron chi connectivity index (χ3n) is 7.09. The van der Waals surface area contributed by atoms with Crippen LogP contribution in [0.5, 0.6) is 17.2 Å². The summed E-state index contributed by atoms with van der Waals surface area (Å²) in [6.45, 7) is 3.85. The van der Waals surface area contributed by atoms with Gasteiger partial charge in [-0.3, -0.25) is 4.79 Å². The van der Waals surface area contributed by atoms with Crippen LogP contribution >= 0.6 is 0 Å².